The van der Waals surface area contributed by atoms with Gasteiger partial charge in [0.2, 0.25) is 5.91 Å². The lowest BCUT2D eigenvalue weighted by molar-refractivity contribution is -0.119. The van der Waals surface area contributed by atoms with Crippen LogP contribution in [0.3, 0.4) is 0 Å². The summed E-state index contributed by atoms with van der Waals surface area (Å²) in [6.07, 6.45) is 11.1. The number of thioether (sulfide) groups is 1. The molecule has 1 N–H and O–H groups in total. The van der Waals surface area contributed by atoms with E-state index in [2.05, 4.69) is 53.6 Å². The van der Waals surface area contributed by atoms with Crippen LogP contribution in [0.4, 0.5) is 0 Å². The van der Waals surface area contributed by atoms with Crippen LogP contribution < -0.4 is 5.32 Å². The maximum Gasteiger partial charge on any atom is 0.230 e. The van der Waals surface area contributed by atoms with E-state index in [-0.39, 0.29) is 5.91 Å². The Morgan fingerprint density at radius 2 is 2.00 bits per heavy atom. The molecule has 0 spiro atoms. The fraction of sp³-hybridized carbons (Fsp3) is 0.737. The molecule has 0 aromatic carbocycles. The third kappa shape index (κ3) is 10.2. The van der Waals surface area contributed by atoms with Crippen molar-refractivity contribution in [2.24, 2.45) is 11.8 Å². The average Bonchev–Trinajstić information content (AvgIpc) is 2.54. The molecule has 0 saturated heterocycles. The largest absolute Gasteiger partial charge is 0.352 e. The van der Waals surface area contributed by atoms with Crippen molar-refractivity contribution in [3.63, 3.8) is 0 Å². The third-order valence-electron chi connectivity index (χ3n) is 4.25. The summed E-state index contributed by atoms with van der Waals surface area (Å²) >= 11 is 1.68. The minimum absolute atomic E-state index is 0.189. The molecule has 1 rings (SSSR count). The van der Waals surface area contributed by atoms with Crippen LogP contribution in [0.5, 0.6) is 0 Å². The lowest BCUT2D eigenvalue weighted by atomic mass is 9.78. The number of amides is 1. The van der Waals surface area contributed by atoms with E-state index in [9.17, 15) is 4.79 Å². The van der Waals surface area contributed by atoms with Crippen molar-refractivity contribution in [1.82, 2.24) is 5.32 Å². The molecule has 0 aromatic heterocycles. The number of nitrogens with one attached hydrogen (secondary N) is 1. The molecule has 4 unspecified atom stereocenters. The smallest absolute Gasteiger partial charge is 0.230 e. The fourth-order valence-corrected chi connectivity index (χ4v) is 3.73. The van der Waals surface area contributed by atoms with Crippen molar-refractivity contribution in [3.05, 3.63) is 23.5 Å². The molecular formula is C19H36NOPS. The Bertz CT molecular complexity index is 382. The summed E-state index contributed by atoms with van der Waals surface area (Å²) in [7, 11) is 2.72. The van der Waals surface area contributed by atoms with Crippen molar-refractivity contribution in [2.45, 2.75) is 66.3 Å². The molecule has 4 heteroatoms. The van der Waals surface area contributed by atoms with Gasteiger partial charge in [-0.3, -0.25) is 4.79 Å². The molecule has 0 heterocycles. The van der Waals surface area contributed by atoms with Crippen molar-refractivity contribution in [3.8, 4) is 0 Å². The number of carbonyl (C=O) groups excluding carboxylic acids is 1. The first-order valence-corrected chi connectivity index (χ1v) is 10.8. The Kier molecular flexibility index (Phi) is 13.9. The summed E-state index contributed by atoms with van der Waals surface area (Å²) in [6.45, 7) is 10.7. The van der Waals surface area contributed by atoms with Gasteiger partial charge in [-0.05, 0) is 30.0 Å². The highest BCUT2D eigenvalue weighted by atomic mass is 32.2. The van der Waals surface area contributed by atoms with Crippen LogP contribution in [-0.2, 0) is 4.79 Å². The fourth-order valence-electron chi connectivity index (χ4n) is 2.74. The van der Waals surface area contributed by atoms with E-state index >= 15 is 0 Å². The molecule has 1 amide bonds. The van der Waals surface area contributed by atoms with Crippen LogP contribution >= 0.6 is 21.0 Å². The van der Waals surface area contributed by atoms with Crippen LogP contribution in [0.2, 0.25) is 0 Å². The zero-order valence-corrected chi connectivity index (χ0v) is 17.6. The highest BCUT2D eigenvalue weighted by molar-refractivity contribution is 8.00. The first-order chi connectivity index (χ1) is 11.0. The molecular weight excluding hydrogens is 321 g/mol. The van der Waals surface area contributed by atoms with E-state index in [4.69, 9.17) is 0 Å². The molecule has 0 radical (unpaired) electrons. The van der Waals surface area contributed by atoms with Gasteiger partial charge in [0.1, 0.15) is 0 Å². The summed E-state index contributed by atoms with van der Waals surface area (Å²) in [5, 5.41) is 4.44. The number of hydrogen-bond donors (Lipinski definition) is 1. The van der Waals surface area contributed by atoms with Gasteiger partial charge in [-0.2, -0.15) is 0 Å². The predicted octanol–water partition coefficient (Wildman–Crippen LogP) is 5.41. The van der Waals surface area contributed by atoms with E-state index in [0.717, 1.165) is 24.5 Å². The van der Waals surface area contributed by atoms with Crippen LogP contribution in [0, 0.1) is 11.8 Å². The van der Waals surface area contributed by atoms with Gasteiger partial charge in [0.05, 0.1) is 5.75 Å². The molecule has 0 aromatic rings. The lowest BCUT2D eigenvalue weighted by Gasteiger charge is -2.34. The molecule has 0 bridgehead atoms. The SMILES string of the molecule is CC.CC/C=C(P)\C=C/CSCC(=O)NC1CCCC(C)C1C. The van der Waals surface area contributed by atoms with Gasteiger partial charge in [-0.25, -0.2) is 0 Å². The zero-order chi connectivity index (χ0) is 17.7. The van der Waals surface area contributed by atoms with Gasteiger partial charge in [0.15, 0.2) is 0 Å². The predicted molar refractivity (Wildman–Crippen MR) is 110 cm³/mol. The Hall–Kier alpha value is -0.270. The topological polar surface area (TPSA) is 29.1 Å². The van der Waals surface area contributed by atoms with Crippen molar-refractivity contribution < 1.29 is 4.79 Å². The maximum absolute atomic E-state index is 12.0. The highest BCUT2D eigenvalue weighted by Gasteiger charge is 2.27. The number of allylic oxidation sites excluding steroid dienone is 3. The first-order valence-electron chi connectivity index (χ1n) is 9.03. The van der Waals surface area contributed by atoms with Gasteiger partial charge < -0.3 is 5.32 Å². The molecule has 2 nitrogen and oxygen atoms in total. The van der Waals surface area contributed by atoms with Gasteiger partial charge >= 0.3 is 0 Å². The zero-order valence-electron chi connectivity index (χ0n) is 15.6. The second-order valence-electron chi connectivity index (χ2n) is 5.97. The standard InChI is InChI=1S/C17H30NOPS.C2H6/c1-4-7-15(20)9-6-11-21-12-17(19)18-16-10-5-8-13(2)14(16)3;1-2/h6-7,9,13-14,16H,4-5,8,10-12,20H2,1-3H3,(H,18,19);1-2H3/b9-6-,15-7+;. The normalized spacial score (nSPS) is 25.0. The minimum atomic E-state index is 0.189. The van der Waals surface area contributed by atoms with Gasteiger partial charge in [-0.1, -0.05) is 65.7 Å². The molecule has 134 valence electrons. The first kappa shape index (κ1) is 22.7. The average molecular weight is 358 g/mol. The van der Waals surface area contributed by atoms with Crippen molar-refractivity contribution in [2.75, 3.05) is 11.5 Å². The highest BCUT2D eigenvalue weighted by Crippen LogP contribution is 2.29. The monoisotopic (exact) mass is 357 g/mol. The molecule has 23 heavy (non-hydrogen) atoms. The number of rotatable bonds is 7. The Morgan fingerprint density at radius 1 is 1.30 bits per heavy atom. The molecule has 1 fully saturated rings. The summed E-state index contributed by atoms with van der Waals surface area (Å²) < 4.78 is 0. The summed E-state index contributed by atoms with van der Waals surface area (Å²) in [5.41, 5.74) is 0. The Balaban J connectivity index is 0.00000232. The summed E-state index contributed by atoms with van der Waals surface area (Å²) in [6, 6.07) is 0.378. The van der Waals surface area contributed by atoms with E-state index in [1.165, 1.54) is 18.2 Å². The quantitative estimate of drug-likeness (QED) is 0.375. The summed E-state index contributed by atoms with van der Waals surface area (Å²) in [5.74, 6) is 2.97. The van der Waals surface area contributed by atoms with Gasteiger partial charge in [0.25, 0.3) is 0 Å². The van der Waals surface area contributed by atoms with Crippen LogP contribution in [0.1, 0.15) is 60.3 Å². The Labute approximate surface area is 150 Å². The van der Waals surface area contributed by atoms with Crippen LogP contribution in [-0.4, -0.2) is 23.5 Å². The summed E-state index contributed by atoms with van der Waals surface area (Å²) in [4.78, 5) is 12.0. The third-order valence-corrected chi connectivity index (χ3v) is 5.57. The van der Waals surface area contributed by atoms with E-state index in [1.807, 2.05) is 13.8 Å². The van der Waals surface area contributed by atoms with Gasteiger partial charge in [-0.15, -0.1) is 21.0 Å². The number of carbonyl (C=O) groups is 1. The van der Waals surface area contributed by atoms with Crippen molar-refractivity contribution >= 4 is 26.9 Å². The molecule has 4 atom stereocenters. The van der Waals surface area contributed by atoms with E-state index in [1.54, 1.807) is 11.8 Å². The molecule has 0 aliphatic heterocycles. The Morgan fingerprint density at radius 3 is 2.65 bits per heavy atom. The van der Waals surface area contributed by atoms with Crippen LogP contribution in [0.25, 0.3) is 0 Å². The van der Waals surface area contributed by atoms with E-state index < -0.39 is 0 Å². The second-order valence-corrected chi connectivity index (χ2v) is 7.67. The molecule has 1 aliphatic carbocycles. The second kappa shape index (κ2) is 14.1. The maximum atomic E-state index is 12.0. The van der Waals surface area contributed by atoms with Crippen molar-refractivity contribution in [1.29, 1.82) is 0 Å². The van der Waals surface area contributed by atoms with Crippen LogP contribution in [0.15, 0.2) is 23.5 Å². The lowest BCUT2D eigenvalue weighted by Crippen LogP contribution is -2.44. The van der Waals surface area contributed by atoms with E-state index in [0.29, 0.717) is 17.7 Å². The number of hydrogen-bond acceptors (Lipinski definition) is 2. The van der Waals surface area contributed by atoms with Gasteiger partial charge in [0, 0.05) is 11.8 Å². The minimum Gasteiger partial charge on any atom is -0.352 e. The molecule has 1 saturated carbocycles. The molecule has 1 aliphatic rings.